The van der Waals surface area contributed by atoms with Crippen molar-refractivity contribution in [1.82, 2.24) is 5.32 Å². The molecule has 35 heavy (non-hydrogen) atoms. The Bertz CT molecular complexity index is 984. The van der Waals surface area contributed by atoms with E-state index in [1.54, 1.807) is 18.2 Å². The van der Waals surface area contributed by atoms with Gasteiger partial charge in [-0.1, -0.05) is 43.2 Å². The predicted octanol–water partition coefficient (Wildman–Crippen LogP) is 2.90. The molecule has 0 fully saturated rings. The molecule has 0 radical (unpaired) electrons. The molecule has 0 aromatic heterocycles. The highest BCUT2D eigenvalue weighted by Crippen LogP contribution is 2.22. The summed E-state index contributed by atoms with van der Waals surface area (Å²) in [6.45, 7) is 2.47. The predicted molar refractivity (Wildman–Crippen MR) is 137 cm³/mol. The number of aliphatic hydroxyl groups excluding tert-OH is 2. The number of nitrogens with one attached hydrogen (secondary N) is 1. The summed E-state index contributed by atoms with van der Waals surface area (Å²) in [7, 11) is -3.51. The second kappa shape index (κ2) is 15.9. The number of hydrogen-bond donors (Lipinski definition) is 5. The van der Waals surface area contributed by atoms with Gasteiger partial charge in [-0.25, -0.2) is 13.6 Å². The first-order chi connectivity index (χ1) is 16.8. The molecule has 0 unspecified atom stereocenters. The van der Waals surface area contributed by atoms with E-state index in [1.807, 2.05) is 18.2 Å². The molecule has 8 nitrogen and oxygen atoms in total. The molecule has 1 atom stereocenters. The zero-order chi connectivity index (χ0) is 25.5. The highest BCUT2D eigenvalue weighted by Gasteiger charge is 2.10. The van der Waals surface area contributed by atoms with Gasteiger partial charge < -0.3 is 25.4 Å². The van der Waals surface area contributed by atoms with Crippen LogP contribution in [0.4, 0.5) is 0 Å². The van der Waals surface area contributed by atoms with Crippen molar-refractivity contribution in [2.45, 2.75) is 63.4 Å². The van der Waals surface area contributed by atoms with E-state index in [4.69, 9.17) is 9.88 Å². The van der Waals surface area contributed by atoms with Crippen LogP contribution in [0.25, 0.3) is 0 Å². The lowest BCUT2D eigenvalue weighted by Gasteiger charge is -2.14. The first kappa shape index (κ1) is 29.2. The van der Waals surface area contributed by atoms with Crippen molar-refractivity contribution in [2.75, 3.05) is 26.3 Å². The van der Waals surface area contributed by atoms with Gasteiger partial charge >= 0.3 is 0 Å². The van der Waals surface area contributed by atoms with Crippen LogP contribution >= 0.6 is 0 Å². The molecule has 0 amide bonds. The lowest BCUT2D eigenvalue weighted by molar-refractivity contribution is 0.126. The fourth-order valence-electron chi connectivity index (χ4n) is 3.85. The molecule has 0 spiro atoms. The number of aromatic hydroxyl groups is 1. The van der Waals surface area contributed by atoms with Gasteiger partial charge in [-0.3, -0.25) is 0 Å². The lowest BCUT2D eigenvalue weighted by Crippen LogP contribution is -2.22. The van der Waals surface area contributed by atoms with Crippen LogP contribution in [0, 0.1) is 0 Å². The van der Waals surface area contributed by atoms with Crippen molar-refractivity contribution < 1.29 is 28.5 Å². The Morgan fingerprint density at radius 2 is 1.66 bits per heavy atom. The first-order valence-corrected chi connectivity index (χ1v) is 14.0. The summed E-state index contributed by atoms with van der Waals surface area (Å²) in [6.07, 6.45) is 6.39. The van der Waals surface area contributed by atoms with Gasteiger partial charge in [0.15, 0.2) is 0 Å². The maximum Gasteiger partial charge on any atom is 0.213 e. The molecule has 0 bridgehead atoms. The van der Waals surface area contributed by atoms with E-state index in [-0.39, 0.29) is 18.1 Å². The SMILES string of the molecule is NS(=O)(=O)Cc1cccc(CCCCOCCCCCCNC[C@H](O)c2ccc(O)c(CO)c2)c1. The van der Waals surface area contributed by atoms with Crippen LogP contribution in [0.2, 0.25) is 0 Å². The Balaban J connectivity index is 1.43. The summed E-state index contributed by atoms with van der Waals surface area (Å²) < 4.78 is 28.2. The Morgan fingerprint density at radius 3 is 2.40 bits per heavy atom. The maximum atomic E-state index is 11.2. The number of phenols is 1. The Kier molecular flexibility index (Phi) is 13.3. The number of benzene rings is 2. The van der Waals surface area contributed by atoms with E-state index < -0.39 is 16.1 Å². The van der Waals surface area contributed by atoms with Crippen LogP contribution in [-0.2, 0) is 33.5 Å². The average molecular weight is 509 g/mol. The minimum absolute atomic E-state index is 0.0333. The molecule has 0 heterocycles. The van der Waals surface area contributed by atoms with Gasteiger partial charge in [0.25, 0.3) is 0 Å². The largest absolute Gasteiger partial charge is 0.508 e. The van der Waals surface area contributed by atoms with Crippen molar-refractivity contribution in [3.8, 4) is 5.75 Å². The number of aryl methyl sites for hydroxylation is 1. The number of ether oxygens (including phenoxy) is 1. The summed E-state index contributed by atoms with van der Waals surface area (Å²) in [5.74, 6) is -0.0977. The summed E-state index contributed by atoms with van der Waals surface area (Å²) in [5.41, 5.74) is 2.93. The molecule has 2 rings (SSSR count). The summed E-state index contributed by atoms with van der Waals surface area (Å²) in [5, 5.41) is 37.4. The average Bonchev–Trinajstić information content (AvgIpc) is 2.81. The molecule has 9 heteroatoms. The molecule has 0 aliphatic rings. The topological polar surface area (TPSA) is 142 Å². The second-order valence-electron chi connectivity index (χ2n) is 8.88. The number of primary sulfonamides is 1. The normalized spacial score (nSPS) is 12.7. The quantitative estimate of drug-likeness (QED) is 0.195. The van der Waals surface area contributed by atoms with Crippen LogP contribution in [0.1, 0.15) is 66.9 Å². The summed E-state index contributed by atoms with van der Waals surface area (Å²) in [6, 6.07) is 12.3. The molecule has 0 aliphatic carbocycles. The van der Waals surface area contributed by atoms with E-state index in [9.17, 15) is 23.7 Å². The van der Waals surface area contributed by atoms with Gasteiger partial charge in [0.2, 0.25) is 10.0 Å². The molecule has 6 N–H and O–H groups in total. The van der Waals surface area contributed by atoms with E-state index >= 15 is 0 Å². The Morgan fingerprint density at radius 1 is 0.943 bits per heavy atom. The van der Waals surface area contributed by atoms with E-state index in [0.717, 1.165) is 75.8 Å². The highest BCUT2D eigenvalue weighted by atomic mass is 32.2. The standard InChI is InChI=1S/C26H40N2O6S/c27-35(32,33)20-22-10-7-9-21(16-22)8-3-6-15-34-14-5-2-1-4-13-28-18-26(31)23-11-12-25(30)24(17-23)19-29/h7,9-12,16-17,26,28-31H,1-6,8,13-15,18-20H2,(H2,27,32,33)/t26-/m0/s1. The van der Waals surface area contributed by atoms with Gasteiger partial charge in [0, 0.05) is 25.3 Å². The minimum atomic E-state index is -3.51. The third-order valence-electron chi connectivity index (χ3n) is 5.75. The number of unbranched alkanes of at least 4 members (excludes halogenated alkanes) is 4. The fraction of sp³-hybridized carbons (Fsp3) is 0.538. The van der Waals surface area contributed by atoms with Crippen molar-refractivity contribution in [1.29, 1.82) is 0 Å². The molecule has 2 aromatic rings. The number of hydrogen-bond acceptors (Lipinski definition) is 7. The van der Waals surface area contributed by atoms with Gasteiger partial charge in [-0.05, 0) is 67.5 Å². The first-order valence-electron chi connectivity index (χ1n) is 12.3. The highest BCUT2D eigenvalue weighted by molar-refractivity contribution is 7.88. The fourth-order valence-corrected chi connectivity index (χ4v) is 4.49. The van der Waals surface area contributed by atoms with Crippen LogP contribution in [0.15, 0.2) is 42.5 Å². The Hall–Kier alpha value is -2.01. The number of sulfonamides is 1. The lowest BCUT2D eigenvalue weighted by atomic mass is 10.1. The maximum absolute atomic E-state index is 11.2. The van der Waals surface area contributed by atoms with Gasteiger partial charge in [-0.15, -0.1) is 0 Å². The van der Waals surface area contributed by atoms with Crippen LogP contribution in [0.5, 0.6) is 5.75 Å². The molecule has 0 saturated carbocycles. The van der Waals surface area contributed by atoms with Crippen LogP contribution < -0.4 is 10.5 Å². The zero-order valence-corrected chi connectivity index (χ0v) is 21.2. The molecule has 196 valence electrons. The van der Waals surface area contributed by atoms with Gasteiger partial charge in [-0.2, -0.15) is 0 Å². The van der Waals surface area contributed by atoms with Crippen LogP contribution in [0.3, 0.4) is 0 Å². The minimum Gasteiger partial charge on any atom is -0.508 e. The summed E-state index contributed by atoms with van der Waals surface area (Å²) in [4.78, 5) is 0. The molecule has 0 aliphatic heterocycles. The third kappa shape index (κ3) is 12.5. The molecule has 0 saturated heterocycles. The zero-order valence-electron chi connectivity index (χ0n) is 20.4. The van der Waals surface area contributed by atoms with E-state index in [0.29, 0.717) is 17.7 Å². The van der Waals surface area contributed by atoms with Gasteiger partial charge in [0.1, 0.15) is 5.75 Å². The molecular weight excluding hydrogens is 468 g/mol. The molecule has 2 aromatic carbocycles. The third-order valence-corrected chi connectivity index (χ3v) is 6.49. The summed E-state index contributed by atoms with van der Waals surface area (Å²) >= 11 is 0. The van der Waals surface area contributed by atoms with Crippen molar-refractivity contribution in [2.24, 2.45) is 5.14 Å². The van der Waals surface area contributed by atoms with Crippen LogP contribution in [-0.4, -0.2) is 50.0 Å². The second-order valence-corrected chi connectivity index (χ2v) is 10.5. The number of nitrogens with two attached hydrogens (primary N) is 1. The van der Waals surface area contributed by atoms with Crippen molar-refractivity contribution in [3.63, 3.8) is 0 Å². The number of aliphatic hydroxyl groups is 2. The Labute approximate surface area is 209 Å². The monoisotopic (exact) mass is 508 g/mol. The van der Waals surface area contributed by atoms with Crippen molar-refractivity contribution >= 4 is 10.0 Å². The van der Waals surface area contributed by atoms with E-state index in [1.165, 1.54) is 6.07 Å². The van der Waals surface area contributed by atoms with Crippen molar-refractivity contribution in [3.05, 3.63) is 64.7 Å². The smallest absolute Gasteiger partial charge is 0.213 e. The number of rotatable bonds is 18. The van der Waals surface area contributed by atoms with Gasteiger partial charge in [0.05, 0.1) is 18.5 Å². The van der Waals surface area contributed by atoms with E-state index in [2.05, 4.69) is 5.32 Å². The molecular formula is C26H40N2O6S.